The van der Waals surface area contributed by atoms with Crippen molar-refractivity contribution in [3.63, 3.8) is 0 Å². The van der Waals surface area contributed by atoms with E-state index in [1.165, 1.54) is 12.8 Å². The Morgan fingerprint density at radius 2 is 2.00 bits per heavy atom. The first-order chi connectivity index (χ1) is 9.27. The van der Waals surface area contributed by atoms with Gasteiger partial charge >= 0.3 is 0 Å². The molecule has 0 bridgehead atoms. The molecule has 2 aliphatic rings. The topological polar surface area (TPSA) is 44.4 Å². The van der Waals surface area contributed by atoms with E-state index < -0.39 is 0 Å². The maximum absolute atomic E-state index is 12.5. The van der Waals surface area contributed by atoms with Crippen LogP contribution >= 0.6 is 0 Å². The van der Waals surface area contributed by atoms with Crippen LogP contribution in [-0.2, 0) is 4.79 Å². The first-order valence-corrected chi connectivity index (χ1v) is 7.93. The van der Waals surface area contributed by atoms with Crippen molar-refractivity contribution in [1.82, 2.24) is 15.5 Å². The second-order valence-electron chi connectivity index (χ2n) is 7.83. The Morgan fingerprint density at radius 1 is 1.40 bits per heavy atom. The molecular formula is C16H31N3O. The molecule has 2 unspecified atom stereocenters. The number of nitrogens with zero attached hydrogens (tertiary/aromatic N) is 1. The molecule has 0 aromatic rings. The van der Waals surface area contributed by atoms with Crippen molar-refractivity contribution in [1.29, 1.82) is 0 Å². The van der Waals surface area contributed by atoms with Crippen LogP contribution in [0.1, 0.15) is 40.0 Å². The first-order valence-electron chi connectivity index (χ1n) is 7.93. The number of hydrogen-bond donors (Lipinski definition) is 2. The summed E-state index contributed by atoms with van der Waals surface area (Å²) >= 11 is 0. The summed E-state index contributed by atoms with van der Waals surface area (Å²) in [6, 6.07) is 0.205. The summed E-state index contributed by atoms with van der Waals surface area (Å²) in [5, 5.41) is 6.66. The molecule has 0 aromatic heterocycles. The molecule has 4 heteroatoms. The number of carbonyl (C=O) groups is 1. The van der Waals surface area contributed by atoms with E-state index in [9.17, 15) is 4.79 Å². The number of hydrogen-bond acceptors (Lipinski definition) is 3. The molecule has 2 N–H and O–H groups in total. The van der Waals surface area contributed by atoms with E-state index >= 15 is 0 Å². The summed E-state index contributed by atoms with van der Waals surface area (Å²) < 4.78 is 0. The van der Waals surface area contributed by atoms with Gasteiger partial charge < -0.3 is 15.5 Å². The van der Waals surface area contributed by atoms with Gasteiger partial charge in [-0.2, -0.15) is 0 Å². The minimum atomic E-state index is 0.0926. The molecule has 116 valence electrons. The maximum atomic E-state index is 12.5. The largest absolute Gasteiger partial charge is 0.353 e. The Balaban J connectivity index is 1.86. The summed E-state index contributed by atoms with van der Waals surface area (Å²) in [7, 11) is 4.17. The normalized spacial score (nSPS) is 26.6. The van der Waals surface area contributed by atoms with Gasteiger partial charge in [0.15, 0.2) is 0 Å². The SMILES string of the molecule is CC(NC(=O)C1CC12CCNCC2)C(C)(C)CN(C)C. The smallest absolute Gasteiger partial charge is 0.223 e. The molecule has 1 heterocycles. The Morgan fingerprint density at radius 3 is 2.55 bits per heavy atom. The number of nitrogens with one attached hydrogen (secondary N) is 2. The van der Waals surface area contributed by atoms with Crippen LogP contribution in [0.5, 0.6) is 0 Å². The lowest BCUT2D eigenvalue weighted by molar-refractivity contribution is -0.124. The second kappa shape index (κ2) is 5.64. The van der Waals surface area contributed by atoms with E-state index in [4.69, 9.17) is 0 Å². The average Bonchev–Trinajstić information content (AvgIpc) is 3.02. The first kappa shape index (κ1) is 15.8. The quantitative estimate of drug-likeness (QED) is 0.802. The van der Waals surface area contributed by atoms with E-state index in [1.54, 1.807) is 0 Å². The molecule has 20 heavy (non-hydrogen) atoms. The Kier molecular flexibility index (Phi) is 4.45. The predicted octanol–water partition coefficient (Wildman–Crippen LogP) is 1.47. The van der Waals surface area contributed by atoms with Gasteiger partial charge in [-0.3, -0.25) is 4.79 Å². The van der Waals surface area contributed by atoms with Gasteiger partial charge in [-0.05, 0) is 64.2 Å². The second-order valence-corrected chi connectivity index (χ2v) is 7.83. The molecule has 0 aromatic carbocycles. The number of amides is 1. The molecule has 1 saturated heterocycles. The molecule has 1 aliphatic carbocycles. The van der Waals surface area contributed by atoms with Gasteiger partial charge in [-0.25, -0.2) is 0 Å². The van der Waals surface area contributed by atoms with Crippen molar-refractivity contribution in [2.45, 2.75) is 46.1 Å². The third-order valence-corrected chi connectivity index (χ3v) is 5.36. The van der Waals surface area contributed by atoms with Crippen molar-refractivity contribution in [3.05, 3.63) is 0 Å². The zero-order valence-electron chi connectivity index (χ0n) is 13.8. The highest BCUT2D eigenvalue weighted by Gasteiger charge is 2.57. The van der Waals surface area contributed by atoms with Crippen molar-refractivity contribution in [3.8, 4) is 0 Å². The molecule has 1 saturated carbocycles. The highest BCUT2D eigenvalue weighted by molar-refractivity contribution is 5.83. The molecule has 2 fully saturated rings. The highest BCUT2D eigenvalue weighted by atomic mass is 16.2. The van der Waals surface area contributed by atoms with Crippen LogP contribution in [0.25, 0.3) is 0 Å². The Bertz CT molecular complexity index is 359. The van der Waals surface area contributed by atoms with Crippen LogP contribution in [0, 0.1) is 16.7 Å². The molecular weight excluding hydrogens is 250 g/mol. The highest BCUT2D eigenvalue weighted by Crippen LogP contribution is 2.58. The van der Waals surface area contributed by atoms with Gasteiger partial charge in [0, 0.05) is 18.5 Å². The molecule has 2 atom stereocenters. The molecule has 1 aliphatic heterocycles. The summed E-state index contributed by atoms with van der Waals surface area (Å²) in [5.74, 6) is 0.549. The summed E-state index contributed by atoms with van der Waals surface area (Å²) in [6.07, 6.45) is 3.43. The van der Waals surface area contributed by atoms with Crippen molar-refractivity contribution in [2.24, 2.45) is 16.7 Å². The van der Waals surface area contributed by atoms with E-state index in [1.807, 2.05) is 0 Å². The molecule has 4 nitrogen and oxygen atoms in total. The summed E-state index contributed by atoms with van der Waals surface area (Å²) in [5.41, 5.74) is 0.427. The van der Waals surface area contributed by atoms with E-state index in [-0.39, 0.29) is 23.3 Å². The standard InChI is InChI=1S/C16H31N3O/c1-12(15(2,3)11-19(4)5)18-14(20)13-10-16(13)6-8-17-9-7-16/h12-13,17H,6-11H2,1-5H3,(H,18,20). The summed E-state index contributed by atoms with van der Waals surface area (Å²) in [6.45, 7) is 9.72. The molecule has 0 radical (unpaired) electrons. The van der Waals surface area contributed by atoms with Crippen molar-refractivity contribution >= 4 is 5.91 Å². The van der Waals surface area contributed by atoms with Crippen LogP contribution in [-0.4, -0.2) is 50.6 Å². The lowest BCUT2D eigenvalue weighted by Gasteiger charge is -2.35. The number of carbonyl (C=O) groups excluding carboxylic acids is 1. The van der Waals surface area contributed by atoms with Crippen LogP contribution < -0.4 is 10.6 Å². The third-order valence-electron chi connectivity index (χ3n) is 5.36. The zero-order valence-corrected chi connectivity index (χ0v) is 13.8. The van der Waals surface area contributed by atoms with E-state index in [0.717, 1.165) is 26.1 Å². The zero-order chi connectivity index (χ0) is 15.0. The van der Waals surface area contributed by atoms with Gasteiger partial charge in [0.05, 0.1) is 0 Å². The molecule has 1 spiro atoms. The Labute approximate surface area is 123 Å². The van der Waals surface area contributed by atoms with Gasteiger partial charge in [0.1, 0.15) is 0 Å². The van der Waals surface area contributed by atoms with Gasteiger partial charge in [0.2, 0.25) is 5.91 Å². The minimum absolute atomic E-state index is 0.0926. The van der Waals surface area contributed by atoms with Crippen LogP contribution in [0.15, 0.2) is 0 Å². The Hall–Kier alpha value is -0.610. The van der Waals surface area contributed by atoms with Gasteiger partial charge in [-0.1, -0.05) is 13.8 Å². The van der Waals surface area contributed by atoms with Gasteiger partial charge in [-0.15, -0.1) is 0 Å². The monoisotopic (exact) mass is 281 g/mol. The fraction of sp³-hybridized carbons (Fsp3) is 0.938. The van der Waals surface area contributed by atoms with E-state index in [2.05, 4.69) is 50.4 Å². The maximum Gasteiger partial charge on any atom is 0.223 e. The minimum Gasteiger partial charge on any atom is -0.353 e. The van der Waals surface area contributed by atoms with Crippen molar-refractivity contribution in [2.75, 3.05) is 33.7 Å². The number of piperidine rings is 1. The molecule has 2 rings (SSSR count). The number of rotatable bonds is 5. The lowest BCUT2D eigenvalue weighted by atomic mass is 9.84. The average molecular weight is 281 g/mol. The van der Waals surface area contributed by atoms with Gasteiger partial charge in [0.25, 0.3) is 0 Å². The predicted molar refractivity (Wildman–Crippen MR) is 82.6 cm³/mol. The van der Waals surface area contributed by atoms with Crippen LogP contribution in [0.3, 0.4) is 0 Å². The van der Waals surface area contributed by atoms with E-state index in [0.29, 0.717) is 5.41 Å². The fourth-order valence-electron chi connectivity index (χ4n) is 3.66. The third kappa shape index (κ3) is 3.34. The van der Waals surface area contributed by atoms with Crippen molar-refractivity contribution < 1.29 is 4.79 Å². The molecule has 1 amide bonds. The van der Waals surface area contributed by atoms with Crippen LogP contribution in [0.4, 0.5) is 0 Å². The lowest BCUT2D eigenvalue weighted by Crippen LogP contribution is -2.48. The van der Waals surface area contributed by atoms with Crippen LogP contribution in [0.2, 0.25) is 0 Å². The fourth-order valence-corrected chi connectivity index (χ4v) is 3.66. The summed E-state index contributed by atoms with van der Waals surface area (Å²) in [4.78, 5) is 14.7.